The van der Waals surface area contributed by atoms with Crippen molar-refractivity contribution in [3.8, 4) is 11.1 Å². The summed E-state index contributed by atoms with van der Waals surface area (Å²) in [7, 11) is 1.26. The second-order valence-corrected chi connectivity index (χ2v) is 8.84. The number of ether oxygens (including phenoxy) is 2. The van der Waals surface area contributed by atoms with E-state index < -0.39 is 24.1 Å². The van der Waals surface area contributed by atoms with E-state index in [-0.39, 0.29) is 24.8 Å². The van der Waals surface area contributed by atoms with Crippen LogP contribution in [0.2, 0.25) is 0 Å². The van der Waals surface area contributed by atoms with Crippen molar-refractivity contribution < 1.29 is 29.0 Å². The molecule has 0 fully saturated rings. The van der Waals surface area contributed by atoms with E-state index in [0.717, 1.165) is 11.1 Å². The van der Waals surface area contributed by atoms with Crippen molar-refractivity contribution in [2.24, 2.45) is 0 Å². The van der Waals surface area contributed by atoms with Gasteiger partial charge < -0.3 is 25.2 Å². The summed E-state index contributed by atoms with van der Waals surface area (Å²) in [5, 5.41) is 16.4. The lowest BCUT2D eigenvalue weighted by Gasteiger charge is -2.14. The number of hydrogen-bond donors (Lipinski definition) is 3. The third kappa shape index (κ3) is 5.67. The first-order valence-corrected chi connectivity index (χ1v) is 11.9. The van der Waals surface area contributed by atoms with Crippen LogP contribution in [0.1, 0.15) is 32.5 Å². The van der Waals surface area contributed by atoms with Gasteiger partial charge in [0.1, 0.15) is 12.3 Å². The van der Waals surface area contributed by atoms with Crippen molar-refractivity contribution in [2.45, 2.75) is 18.4 Å². The van der Waals surface area contributed by atoms with Gasteiger partial charge in [0, 0.05) is 31.4 Å². The van der Waals surface area contributed by atoms with Crippen LogP contribution in [0.4, 0.5) is 4.79 Å². The van der Waals surface area contributed by atoms with Crippen molar-refractivity contribution in [1.29, 1.82) is 0 Å². The lowest BCUT2D eigenvalue weighted by Crippen LogP contribution is -2.37. The lowest BCUT2D eigenvalue weighted by molar-refractivity contribution is -0.148. The number of aromatic nitrogens is 1. The molecule has 10 heteroatoms. The van der Waals surface area contributed by atoms with Gasteiger partial charge in [-0.15, -0.1) is 11.3 Å². The fourth-order valence-corrected chi connectivity index (χ4v) is 4.78. The number of nitrogens with one attached hydrogen (secondary N) is 2. The molecule has 4 rings (SSSR count). The first-order chi connectivity index (χ1) is 17.0. The number of amides is 2. The number of carboxylic acids is 1. The molecule has 0 radical (unpaired) electrons. The quantitative estimate of drug-likeness (QED) is 0.395. The van der Waals surface area contributed by atoms with Crippen LogP contribution in [0.25, 0.3) is 11.1 Å². The number of nitrogens with zero attached hydrogens (tertiary/aromatic N) is 1. The second-order valence-electron chi connectivity index (χ2n) is 7.90. The highest BCUT2D eigenvalue weighted by molar-refractivity contribution is 7.09. The molecular formula is C25H25N3O6S. The second kappa shape index (κ2) is 11.1. The summed E-state index contributed by atoms with van der Waals surface area (Å²) in [5.41, 5.74) is 4.82. The number of rotatable bonds is 10. The zero-order chi connectivity index (χ0) is 24.8. The van der Waals surface area contributed by atoms with Crippen LogP contribution in [0, 0.1) is 0 Å². The Morgan fingerprint density at radius 3 is 2.34 bits per heavy atom. The third-order valence-corrected chi connectivity index (χ3v) is 6.65. The number of hydrogen-bond acceptors (Lipinski definition) is 7. The van der Waals surface area contributed by atoms with Crippen LogP contribution >= 0.6 is 11.3 Å². The molecule has 3 N–H and O–H groups in total. The molecule has 2 amide bonds. The van der Waals surface area contributed by atoms with Gasteiger partial charge in [0.05, 0.1) is 11.6 Å². The molecule has 1 aromatic heterocycles. The van der Waals surface area contributed by atoms with E-state index in [9.17, 15) is 14.4 Å². The summed E-state index contributed by atoms with van der Waals surface area (Å²) in [6.07, 6.45) is -1.21. The molecule has 35 heavy (non-hydrogen) atoms. The smallest absolute Gasteiger partial charge is 0.407 e. The minimum atomic E-state index is -1.16. The van der Waals surface area contributed by atoms with Crippen LogP contribution in [0.15, 0.2) is 53.9 Å². The molecule has 0 spiro atoms. The van der Waals surface area contributed by atoms with Gasteiger partial charge in [-0.2, -0.15) is 0 Å². The normalized spacial score (nSPS) is 12.9. The van der Waals surface area contributed by atoms with E-state index in [1.54, 1.807) is 5.38 Å². The van der Waals surface area contributed by atoms with Crippen molar-refractivity contribution >= 4 is 29.3 Å². The fourth-order valence-electron chi connectivity index (χ4n) is 4.00. The van der Waals surface area contributed by atoms with Crippen LogP contribution in [0.5, 0.6) is 0 Å². The Bertz CT molecular complexity index is 1180. The highest BCUT2D eigenvalue weighted by Gasteiger charge is 2.29. The maximum Gasteiger partial charge on any atom is 0.407 e. The number of carboxylic acid groups (broad SMARTS) is 1. The molecular weight excluding hydrogens is 470 g/mol. The summed E-state index contributed by atoms with van der Waals surface area (Å²) in [4.78, 5) is 39.6. The van der Waals surface area contributed by atoms with E-state index in [0.29, 0.717) is 18.0 Å². The number of aliphatic carboxylic acids is 1. The van der Waals surface area contributed by atoms with Gasteiger partial charge in [-0.3, -0.25) is 4.79 Å². The molecule has 2 aromatic carbocycles. The lowest BCUT2D eigenvalue weighted by atomic mass is 9.98. The number of benzene rings is 2. The molecule has 0 saturated carbocycles. The number of alkyl carbamates (subject to hydrolysis) is 1. The average Bonchev–Trinajstić information content (AvgIpc) is 3.46. The summed E-state index contributed by atoms with van der Waals surface area (Å²) in [6, 6.07) is 16.3. The Kier molecular flexibility index (Phi) is 7.74. The van der Waals surface area contributed by atoms with Crippen molar-refractivity contribution in [2.75, 3.05) is 26.8 Å². The van der Waals surface area contributed by atoms with Crippen molar-refractivity contribution in [3.63, 3.8) is 0 Å². The summed E-state index contributed by atoms with van der Waals surface area (Å²) in [5.74, 6) is -1.65. The van der Waals surface area contributed by atoms with E-state index in [1.807, 2.05) is 24.3 Å². The standard InChI is InChI=1S/C25H25N3O6S/c1-33-21(24(30)31)12-27-23(29)20-14-35-22(28-20)10-11-26-25(32)34-13-19-17-8-4-2-6-15(17)16-7-3-5-9-18(16)19/h2-9,14,19,21H,10-13H2,1H3,(H,26,32)(H,27,29)(H,30,31). The summed E-state index contributed by atoms with van der Waals surface area (Å²) in [6.45, 7) is 0.372. The molecule has 1 aliphatic rings. The number of methoxy groups -OCH3 is 1. The summed E-state index contributed by atoms with van der Waals surface area (Å²) >= 11 is 1.28. The summed E-state index contributed by atoms with van der Waals surface area (Å²) < 4.78 is 10.3. The first-order valence-electron chi connectivity index (χ1n) is 11.0. The van der Waals surface area contributed by atoms with Crippen molar-refractivity contribution in [1.82, 2.24) is 15.6 Å². The third-order valence-electron chi connectivity index (χ3n) is 5.74. The molecule has 0 saturated heterocycles. The van der Waals surface area contributed by atoms with Gasteiger partial charge in [-0.25, -0.2) is 14.6 Å². The Hall–Kier alpha value is -3.76. The highest BCUT2D eigenvalue weighted by Crippen LogP contribution is 2.44. The molecule has 1 atom stereocenters. The molecule has 1 aliphatic carbocycles. The molecule has 182 valence electrons. The average molecular weight is 496 g/mol. The Morgan fingerprint density at radius 1 is 1.06 bits per heavy atom. The molecule has 3 aromatic rings. The zero-order valence-electron chi connectivity index (χ0n) is 19.0. The Labute approximate surface area is 206 Å². The van der Waals surface area contributed by atoms with Gasteiger partial charge in [-0.1, -0.05) is 48.5 Å². The minimum Gasteiger partial charge on any atom is -0.479 e. The van der Waals surface area contributed by atoms with Gasteiger partial charge in [0.25, 0.3) is 5.91 Å². The largest absolute Gasteiger partial charge is 0.479 e. The SMILES string of the molecule is COC(CNC(=O)c1csc(CCNC(=O)OCC2c3ccccc3-c3ccccc32)n1)C(=O)O. The molecule has 0 aliphatic heterocycles. The van der Waals surface area contributed by atoms with Gasteiger partial charge in [0.2, 0.25) is 0 Å². The number of fused-ring (bicyclic) bond motifs is 3. The van der Waals surface area contributed by atoms with Gasteiger partial charge in [0.15, 0.2) is 6.10 Å². The Balaban J connectivity index is 1.23. The van der Waals surface area contributed by atoms with E-state index >= 15 is 0 Å². The fraction of sp³-hybridized carbons (Fsp3) is 0.280. The molecule has 1 heterocycles. The van der Waals surface area contributed by atoms with E-state index in [1.165, 1.54) is 29.6 Å². The number of carbonyl (C=O) groups excluding carboxylic acids is 2. The maximum absolute atomic E-state index is 12.3. The number of carbonyl (C=O) groups is 3. The van der Waals surface area contributed by atoms with Crippen LogP contribution in [0.3, 0.4) is 0 Å². The molecule has 0 bridgehead atoms. The molecule has 1 unspecified atom stereocenters. The minimum absolute atomic E-state index is 0.00739. The maximum atomic E-state index is 12.3. The zero-order valence-corrected chi connectivity index (χ0v) is 19.8. The van der Waals surface area contributed by atoms with Crippen molar-refractivity contribution in [3.05, 3.63) is 75.7 Å². The van der Waals surface area contributed by atoms with Crippen LogP contribution in [-0.2, 0) is 20.7 Å². The van der Waals surface area contributed by atoms with Crippen LogP contribution in [-0.4, -0.2) is 61.0 Å². The van der Waals surface area contributed by atoms with E-state index in [4.69, 9.17) is 14.6 Å². The predicted molar refractivity (Wildman–Crippen MR) is 130 cm³/mol. The first kappa shape index (κ1) is 24.4. The monoisotopic (exact) mass is 495 g/mol. The van der Waals surface area contributed by atoms with Crippen LogP contribution < -0.4 is 10.6 Å². The van der Waals surface area contributed by atoms with Gasteiger partial charge in [-0.05, 0) is 22.3 Å². The number of thiazole rings is 1. The predicted octanol–water partition coefficient (Wildman–Crippen LogP) is 3.05. The van der Waals surface area contributed by atoms with E-state index in [2.05, 4.69) is 39.9 Å². The highest BCUT2D eigenvalue weighted by atomic mass is 32.1. The topological polar surface area (TPSA) is 127 Å². The molecule has 9 nitrogen and oxygen atoms in total. The Morgan fingerprint density at radius 2 is 1.71 bits per heavy atom. The van der Waals surface area contributed by atoms with Gasteiger partial charge >= 0.3 is 12.1 Å².